The van der Waals surface area contributed by atoms with E-state index < -0.39 is 0 Å². The average molecular weight is 434 g/mol. The molecule has 0 aromatic carbocycles. The number of hydrogen-bond donors (Lipinski definition) is 3. The van der Waals surface area contributed by atoms with Crippen LogP contribution in [0.25, 0.3) is 11.5 Å². The van der Waals surface area contributed by atoms with Crippen LogP contribution in [0.5, 0.6) is 0 Å². The Morgan fingerprint density at radius 3 is 2.84 bits per heavy atom. The van der Waals surface area contributed by atoms with Crippen LogP contribution in [0.3, 0.4) is 0 Å². The molecule has 1 saturated carbocycles. The predicted molar refractivity (Wildman–Crippen MR) is 118 cm³/mol. The summed E-state index contributed by atoms with van der Waals surface area (Å²) in [7, 11) is 1.75. The first-order valence-electron chi connectivity index (χ1n) is 10.3. The Kier molecular flexibility index (Phi) is 4.85. The fraction of sp³-hybridized carbons (Fsp3) is 0.286. The zero-order chi connectivity index (χ0) is 22.2. The molecule has 3 N–H and O–H groups in total. The lowest BCUT2D eigenvalue weighted by Crippen LogP contribution is -2.39. The second kappa shape index (κ2) is 7.84. The Labute approximate surface area is 182 Å². The summed E-state index contributed by atoms with van der Waals surface area (Å²) in [6, 6.07) is 5.28. The van der Waals surface area contributed by atoms with Crippen LogP contribution in [0, 0.1) is 6.92 Å². The topological polar surface area (TPSA) is 131 Å². The van der Waals surface area contributed by atoms with Crippen molar-refractivity contribution in [3.05, 3.63) is 58.6 Å². The van der Waals surface area contributed by atoms with Gasteiger partial charge in [0.05, 0.1) is 6.20 Å². The molecule has 1 aliphatic rings. The number of aromatic nitrogens is 5. The summed E-state index contributed by atoms with van der Waals surface area (Å²) in [5.74, 6) is 1.15. The SMILES string of the molecule is CNc1cc(Nc2cccn(-c3ocnc3C)c2=O)nc2c(C(=O)NC3CCC3)cnn12. The number of rotatable bonds is 6. The molecule has 11 heteroatoms. The van der Waals surface area contributed by atoms with Gasteiger partial charge in [0.15, 0.2) is 12.0 Å². The van der Waals surface area contributed by atoms with Crippen LogP contribution in [0.1, 0.15) is 35.3 Å². The van der Waals surface area contributed by atoms with E-state index in [1.165, 1.54) is 17.2 Å². The lowest BCUT2D eigenvalue weighted by Gasteiger charge is -2.26. The molecule has 4 heterocycles. The van der Waals surface area contributed by atoms with Crippen molar-refractivity contribution in [3.63, 3.8) is 0 Å². The number of pyridine rings is 1. The summed E-state index contributed by atoms with van der Waals surface area (Å²) in [6.07, 6.45) is 7.50. The van der Waals surface area contributed by atoms with Crippen LogP contribution in [0.15, 0.2) is 46.2 Å². The number of amides is 1. The number of carbonyl (C=O) groups is 1. The second-order valence-corrected chi connectivity index (χ2v) is 7.64. The third-order valence-electron chi connectivity index (χ3n) is 5.56. The summed E-state index contributed by atoms with van der Waals surface area (Å²) in [4.78, 5) is 34.4. The number of oxazole rings is 1. The Morgan fingerprint density at radius 1 is 1.31 bits per heavy atom. The van der Waals surface area contributed by atoms with Crippen molar-refractivity contribution in [3.8, 4) is 5.88 Å². The van der Waals surface area contributed by atoms with Crippen LogP contribution in [0.2, 0.25) is 0 Å². The van der Waals surface area contributed by atoms with E-state index >= 15 is 0 Å². The van der Waals surface area contributed by atoms with E-state index in [9.17, 15) is 9.59 Å². The molecule has 0 unspecified atom stereocenters. The van der Waals surface area contributed by atoms with Gasteiger partial charge in [-0.25, -0.2) is 9.97 Å². The fourth-order valence-electron chi connectivity index (χ4n) is 3.59. The number of aryl methyl sites for hydroxylation is 1. The highest BCUT2D eigenvalue weighted by atomic mass is 16.4. The highest BCUT2D eigenvalue weighted by Gasteiger charge is 2.23. The minimum Gasteiger partial charge on any atom is -0.427 e. The molecule has 0 atom stereocenters. The van der Waals surface area contributed by atoms with Gasteiger partial charge in [-0.15, -0.1) is 0 Å². The highest BCUT2D eigenvalue weighted by Crippen LogP contribution is 2.23. The molecule has 0 spiro atoms. The number of fused-ring (bicyclic) bond motifs is 1. The zero-order valence-corrected chi connectivity index (χ0v) is 17.6. The predicted octanol–water partition coefficient (Wildman–Crippen LogP) is 2.24. The Bertz CT molecular complexity index is 1370. The summed E-state index contributed by atoms with van der Waals surface area (Å²) in [5.41, 5.74) is 1.33. The monoisotopic (exact) mass is 434 g/mol. The number of carbonyl (C=O) groups excluding carboxylic acids is 1. The maximum absolute atomic E-state index is 13.0. The van der Waals surface area contributed by atoms with Crippen molar-refractivity contribution < 1.29 is 9.21 Å². The van der Waals surface area contributed by atoms with Crippen molar-refractivity contribution in [2.45, 2.75) is 32.2 Å². The summed E-state index contributed by atoms with van der Waals surface area (Å²) >= 11 is 0. The number of nitrogens with one attached hydrogen (secondary N) is 3. The third kappa shape index (κ3) is 3.37. The van der Waals surface area contributed by atoms with E-state index in [1.807, 2.05) is 0 Å². The molecule has 164 valence electrons. The van der Waals surface area contributed by atoms with Gasteiger partial charge in [0.1, 0.15) is 28.6 Å². The van der Waals surface area contributed by atoms with Crippen molar-refractivity contribution in [1.82, 2.24) is 29.5 Å². The summed E-state index contributed by atoms with van der Waals surface area (Å²) < 4.78 is 8.28. The van der Waals surface area contributed by atoms with Crippen molar-refractivity contribution in [2.24, 2.45) is 0 Å². The molecule has 1 amide bonds. The van der Waals surface area contributed by atoms with Crippen LogP contribution in [0.4, 0.5) is 17.3 Å². The van der Waals surface area contributed by atoms with Crippen LogP contribution in [-0.2, 0) is 0 Å². The fourth-order valence-corrected chi connectivity index (χ4v) is 3.59. The molecule has 5 rings (SSSR count). The van der Waals surface area contributed by atoms with E-state index in [4.69, 9.17) is 4.42 Å². The largest absolute Gasteiger partial charge is 0.427 e. The Hall–Kier alpha value is -4.15. The van der Waals surface area contributed by atoms with E-state index in [2.05, 4.69) is 31.0 Å². The molecule has 0 aliphatic heterocycles. The van der Waals surface area contributed by atoms with Crippen molar-refractivity contribution in [2.75, 3.05) is 17.7 Å². The molecule has 32 heavy (non-hydrogen) atoms. The first kappa shape index (κ1) is 19.8. The van der Waals surface area contributed by atoms with Gasteiger partial charge < -0.3 is 20.4 Å². The third-order valence-corrected chi connectivity index (χ3v) is 5.56. The first-order chi connectivity index (χ1) is 15.5. The van der Waals surface area contributed by atoms with Gasteiger partial charge in [0.25, 0.3) is 11.5 Å². The average Bonchev–Trinajstić information content (AvgIpc) is 3.38. The number of hydrogen-bond acceptors (Lipinski definition) is 8. The minimum absolute atomic E-state index is 0.199. The number of nitrogens with zero attached hydrogens (tertiary/aromatic N) is 5. The minimum atomic E-state index is -0.323. The van der Waals surface area contributed by atoms with Gasteiger partial charge >= 0.3 is 0 Å². The van der Waals surface area contributed by atoms with E-state index in [0.29, 0.717) is 40.1 Å². The molecule has 0 radical (unpaired) electrons. The highest BCUT2D eigenvalue weighted by molar-refractivity contribution is 6.00. The summed E-state index contributed by atoms with van der Waals surface area (Å²) in [5, 5.41) is 13.4. The van der Waals surface area contributed by atoms with Gasteiger partial charge in [0, 0.05) is 25.4 Å². The normalized spacial score (nSPS) is 13.7. The van der Waals surface area contributed by atoms with Gasteiger partial charge in [-0.2, -0.15) is 9.61 Å². The lowest BCUT2D eigenvalue weighted by atomic mass is 9.93. The number of anilines is 3. The Balaban J connectivity index is 1.52. The van der Waals surface area contributed by atoms with Gasteiger partial charge in [0.2, 0.25) is 5.88 Å². The molecule has 0 saturated heterocycles. The van der Waals surface area contributed by atoms with Gasteiger partial charge in [-0.05, 0) is 38.3 Å². The quantitative estimate of drug-likeness (QED) is 0.421. The van der Waals surface area contributed by atoms with Crippen LogP contribution < -0.4 is 21.5 Å². The molecule has 0 bridgehead atoms. The van der Waals surface area contributed by atoms with Crippen molar-refractivity contribution >= 4 is 28.9 Å². The molecule has 1 fully saturated rings. The molecular formula is C21H22N8O3. The van der Waals surface area contributed by atoms with Gasteiger partial charge in [-0.1, -0.05) is 0 Å². The molecular weight excluding hydrogens is 412 g/mol. The Morgan fingerprint density at radius 2 is 2.16 bits per heavy atom. The molecule has 1 aliphatic carbocycles. The van der Waals surface area contributed by atoms with Crippen LogP contribution in [-0.4, -0.2) is 43.1 Å². The smallest absolute Gasteiger partial charge is 0.281 e. The second-order valence-electron chi connectivity index (χ2n) is 7.64. The lowest BCUT2D eigenvalue weighted by molar-refractivity contribution is 0.0918. The standard InChI is InChI=1S/C21H22N8O3/c1-12-21(32-11-23-12)28-8-4-7-15(20(28)31)26-16-9-17(22-2)29-18(27-16)14(10-24-29)19(30)25-13-5-3-6-13/h4,7-11,13,22H,3,5-6H2,1-2H3,(H,25,30)(H,26,27). The molecule has 11 nitrogen and oxygen atoms in total. The van der Waals surface area contributed by atoms with Crippen molar-refractivity contribution in [1.29, 1.82) is 0 Å². The van der Waals surface area contributed by atoms with Gasteiger partial charge in [-0.3, -0.25) is 14.2 Å². The maximum atomic E-state index is 13.0. The van der Waals surface area contributed by atoms with E-state index in [-0.39, 0.29) is 17.5 Å². The maximum Gasteiger partial charge on any atom is 0.281 e. The van der Waals surface area contributed by atoms with E-state index in [0.717, 1.165) is 19.3 Å². The summed E-state index contributed by atoms with van der Waals surface area (Å²) in [6.45, 7) is 1.76. The molecule has 4 aromatic rings. The van der Waals surface area contributed by atoms with Crippen LogP contribution >= 0.6 is 0 Å². The zero-order valence-electron chi connectivity index (χ0n) is 17.6. The first-order valence-corrected chi connectivity index (χ1v) is 10.3. The molecule has 4 aromatic heterocycles. The van der Waals surface area contributed by atoms with E-state index in [1.54, 1.807) is 42.9 Å².